The normalized spacial score (nSPS) is 11.6. The summed E-state index contributed by atoms with van der Waals surface area (Å²) in [5.41, 5.74) is 0. The van der Waals surface area contributed by atoms with Gasteiger partial charge in [0.2, 0.25) is 5.91 Å². The number of carbonyl (C=O) groups is 1. The molecule has 7 heteroatoms. The predicted molar refractivity (Wildman–Crippen MR) is 100 cm³/mol. The molecule has 0 aromatic carbocycles. The van der Waals surface area contributed by atoms with Gasteiger partial charge < -0.3 is 15.5 Å². The van der Waals surface area contributed by atoms with Crippen molar-refractivity contribution in [3.8, 4) is 0 Å². The molecule has 0 bridgehead atoms. The quantitative estimate of drug-likeness (QED) is 0.378. The molecule has 2 N–H and O–H groups in total. The van der Waals surface area contributed by atoms with Crippen molar-refractivity contribution in [3.63, 3.8) is 0 Å². The summed E-state index contributed by atoms with van der Waals surface area (Å²) >= 11 is 1.80. The van der Waals surface area contributed by atoms with Crippen LogP contribution in [-0.4, -0.2) is 61.5 Å². The van der Waals surface area contributed by atoms with E-state index >= 15 is 0 Å². The first kappa shape index (κ1) is 22.1. The van der Waals surface area contributed by atoms with E-state index in [9.17, 15) is 4.79 Å². The number of amides is 1. The van der Waals surface area contributed by atoms with Gasteiger partial charge in [0, 0.05) is 31.9 Å². The third-order valence-corrected chi connectivity index (χ3v) is 3.90. The lowest BCUT2D eigenvalue weighted by Gasteiger charge is -2.24. The Hall–Kier alpha value is -0.180. The molecule has 0 aromatic rings. The zero-order valence-corrected chi connectivity index (χ0v) is 16.6. The summed E-state index contributed by atoms with van der Waals surface area (Å²) in [7, 11) is 3.47. The average molecular weight is 416 g/mol. The van der Waals surface area contributed by atoms with Crippen LogP contribution in [0.25, 0.3) is 0 Å². The highest BCUT2D eigenvalue weighted by Crippen LogP contribution is 2.19. The summed E-state index contributed by atoms with van der Waals surface area (Å²) in [5, 5.41) is 6.51. The van der Waals surface area contributed by atoms with Crippen LogP contribution in [0.4, 0.5) is 0 Å². The highest BCUT2D eigenvalue weighted by Gasteiger charge is 2.16. The van der Waals surface area contributed by atoms with Gasteiger partial charge in [-0.1, -0.05) is 6.92 Å². The standard InChI is InChI=1S/C13H28N4OS.HI/c1-7-8-14-12(15-9-11(18)17(4)5)16-10-13(2,3)19-6;/h7-10H2,1-6H3,(H2,14,15,16);1H. The number of aliphatic imine (C=N–C) groups is 1. The molecule has 0 saturated heterocycles. The molecule has 120 valence electrons. The Labute approximate surface area is 144 Å². The summed E-state index contributed by atoms with van der Waals surface area (Å²) < 4.78 is 0.139. The van der Waals surface area contributed by atoms with E-state index in [0.717, 1.165) is 19.5 Å². The molecule has 0 radical (unpaired) electrons. The van der Waals surface area contributed by atoms with E-state index in [1.165, 1.54) is 0 Å². The van der Waals surface area contributed by atoms with Crippen molar-refractivity contribution >= 4 is 47.6 Å². The number of hydrogen-bond acceptors (Lipinski definition) is 3. The average Bonchev–Trinajstić information content (AvgIpc) is 2.37. The van der Waals surface area contributed by atoms with Crippen molar-refractivity contribution < 1.29 is 4.79 Å². The van der Waals surface area contributed by atoms with Gasteiger partial charge in [-0.15, -0.1) is 24.0 Å². The number of thioether (sulfide) groups is 1. The molecular weight excluding hydrogens is 387 g/mol. The summed E-state index contributed by atoms with van der Waals surface area (Å²) in [4.78, 5) is 17.4. The minimum absolute atomic E-state index is 0. The highest BCUT2D eigenvalue weighted by atomic mass is 127. The number of nitrogens with zero attached hydrogens (tertiary/aromatic N) is 2. The van der Waals surface area contributed by atoms with Crippen molar-refractivity contribution in [1.29, 1.82) is 0 Å². The second-order valence-corrected chi connectivity index (χ2v) is 6.71. The van der Waals surface area contributed by atoms with Crippen LogP contribution in [0.3, 0.4) is 0 Å². The van der Waals surface area contributed by atoms with E-state index in [0.29, 0.717) is 5.96 Å². The van der Waals surface area contributed by atoms with Gasteiger partial charge in [-0.2, -0.15) is 11.8 Å². The summed E-state index contributed by atoms with van der Waals surface area (Å²) in [6.45, 7) is 8.27. The van der Waals surface area contributed by atoms with Gasteiger partial charge in [-0.25, -0.2) is 4.99 Å². The van der Waals surface area contributed by atoms with Crippen LogP contribution < -0.4 is 10.6 Å². The SMILES string of the molecule is CCCNC(=NCC(=O)N(C)C)NCC(C)(C)SC.I. The molecule has 0 aliphatic rings. The largest absolute Gasteiger partial charge is 0.356 e. The maximum Gasteiger partial charge on any atom is 0.243 e. The number of likely N-dealkylation sites (N-methyl/N-ethyl adjacent to an activating group) is 1. The molecule has 0 spiro atoms. The van der Waals surface area contributed by atoms with Crippen molar-refractivity contribution in [2.75, 3.05) is 40.0 Å². The molecule has 1 amide bonds. The molecule has 0 fully saturated rings. The number of hydrogen-bond donors (Lipinski definition) is 2. The number of guanidine groups is 1. The highest BCUT2D eigenvalue weighted by molar-refractivity contribution is 14.0. The zero-order valence-electron chi connectivity index (χ0n) is 13.4. The van der Waals surface area contributed by atoms with Crippen LogP contribution in [-0.2, 0) is 4.79 Å². The van der Waals surface area contributed by atoms with Gasteiger partial charge >= 0.3 is 0 Å². The van der Waals surface area contributed by atoms with E-state index in [4.69, 9.17) is 0 Å². The predicted octanol–water partition coefficient (Wildman–Crippen LogP) is 1.78. The van der Waals surface area contributed by atoms with Crippen molar-refractivity contribution in [1.82, 2.24) is 15.5 Å². The molecule has 0 saturated carbocycles. The summed E-state index contributed by atoms with van der Waals surface area (Å²) in [5.74, 6) is 0.709. The molecular formula is C13H29IN4OS. The monoisotopic (exact) mass is 416 g/mol. The second kappa shape index (κ2) is 11.5. The molecule has 20 heavy (non-hydrogen) atoms. The summed E-state index contributed by atoms with van der Waals surface area (Å²) in [6, 6.07) is 0. The number of carbonyl (C=O) groups excluding carboxylic acids is 1. The Morgan fingerprint density at radius 3 is 2.35 bits per heavy atom. The second-order valence-electron chi connectivity index (χ2n) is 5.20. The minimum atomic E-state index is 0. The lowest BCUT2D eigenvalue weighted by atomic mass is 10.2. The van der Waals surface area contributed by atoms with Gasteiger partial charge in [-0.3, -0.25) is 4.79 Å². The maximum absolute atomic E-state index is 11.5. The molecule has 5 nitrogen and oxygen atoms in total. The first-order valence-electron chi connectivity index (χ1n) is 6.60. The minimum Gasteiger partial charge on any atom is -0.356 e. The first-order valence-corrected chi connectivity index (χ1v) is 7.82. The Balaban J connectivity index is 0. The van der Waals surface area contributed by atoms with Crippen LogP contribution in [0, 0.1) is 0 Å². The van der Waals surface area contributed by atoms with Gasteiger partial charge in [0.1, 0.15) is 6.54 Å². The van der Waals surface area contributed by atoms with Gasteiger partial charge in [0.15, 0.2) is 5.96 Å². The molecule has 0 aliphatic heterocycles. The number of nitrogens with one attached hydrogen (secondary N) is 2. The zero-order chi connectivity index (χ0) is 14.9. The fraction of sp³-hybridized carbons (Fsp3) is 0.846. The van der Waals surface area contributed by atoms with Crippen molar-refractivity contribution in [2.24, 2.45) is 4.99 Å². The Bertz CT molecular complexity index is 309. The third-order valence-electron chi connectivity index (χ3n) is 2.65. The third kappa shape index (κ3) is 10.6. The first-order chi connectivity index (χ1) is 8.82. The van der Waals surface area contributed by atoms with Crippen LogP contribution in [0.2, 0.25) is 0 Å². The Morgan fingerprint density at radius 2 is 1.90 bits per heavy atom. The van der Waals surface area contributed by atoms with Crippen LogP contribution in [0.5, 0.6) is 0 Å². The van der Waals surface area contributed by atoms with Gasteiger partial charge in [-0.05, 0) is 26.5 Å². The van der Waals surface area contributed by atoms with Crippen LogP contribution >= 0.6 is 35.7 Å². The molecule has 0 aromatic heterocycles. The summed E-state index contributed by atoms with van der Waals surface area (Å²) in [6.07, 6.45) is 3.11. The van der Waals surface area contributed by atoms with Crippen molar-refractivity contribution in [2.45, 2.75) is 31.9 Å². The number of rotatable bonds is 7. The fourth-order valence-corrected chi connectivity index (χ4v) is 1.29. The van der Waals surface area contributed by atoms with Crippen LogP contribution in [0.15, 0.2) is 4.99 Å². The lowest BCUT2D eigenvalue weighted by molar-refractivity contribution is -0.127. The van der Waals surface area contributed by atoms with E-state index in [1.54, 1.807) is 30.8 Å². The molecule has 0 rings (SSSR count). The molecule has 0 unspecified atom stereocenters. The molecule has 0 heterocycles. The van der Waals surface area contributed by atoms with E-state index in [1.807, 2.05) is 0 Å². The fourth-order valence-electron chi connectivity index (χ4n) is 1.07. The van der Waals surface area contributed by atoms with Gasteiger partial charge in [0.25, 0.3) is 0 Å². The molecule has 0 atom stereocenters. The maximum atomic E-state index is 11.5. The molecule has 0 aliphatic carbocycles. The van der Waals surface area contributed by atoms with Crippen molar-refractivity contribution in [3.05, 3.63) is 0 Å². The van der Waals surface area contributed by atoms with E-state index < -0.39 is 0 Å². The Kier molecular flexibility index (Phi) is 12.7. The van der Waals surface area contributed by atoms with E-state index in [2.05, 4.69) is 42.7 Å². The number of halogens is 1. The topological polar surface area (TPSA) is 56.7 Å². The lowest BCUT2D eigenvalue weighted by Crippen LogP contribution is -2.44. The van der Waals surface area contributed by atoms with E-state index in [-0.39, 0.29) is 41.2 Å². The Morgan fingerprint density at radius 1 is 1.30 bits per heavy atom. The van der Waals surface area contributed by atoms with Crippen LogP contribution in [0.1, 0.15) is 27.2 Å². The smallest absolute Gasteiger partial charge is 0.243 e. The van der Waals surface area contributed by atoms with Gasteiger partial charge in [0.05, 0.1) is 0 Å².